The van der Waals surface area contributed by atoms with Gasteiger partial charge in [0, 0.05) is 63.0 Å². The van der Waals surface area contributed by atoms with Crippen molar-refractivity contribution >= 4 is 40.7 Å². The van der Waals surface area contributed by atoms with Crippen LogP contribution in [0.5, 0.6) is 0 Å². The summed E-state index contributed by atoms with van der Waals surface area (Å²) >= 11 is 0. The second-order valence-electron chi connectivity index (χ2n) is 15.2. The average Bonchev–Trinajstić information content (AvgIpc) is 3.63. The number of hydrogen-bond acceptors (Lipinski definition) is 10. The monoisotopic (exact) mass is 805 g/mol. The van der Waals surface area contributed by atoms with E-state index in [4.69, 9.17) is 0 Å². The number of carbonyl (C=O) groups excluding carboxylic acids is 4. The number of benzene rings is 2. The SMILES string of the molecule is CC(C)(O)c1nn(-c2ccc(N3CCN(C4CCN(c5ccc(C(=O)NC6CCC(=O)NC6=O)cc5F)CC4)CC3)cc2)cc1NC(=O)c1cccc(C(F)(F)F)n1. The number of piperidine rings is 2. The first-order chi connectivity index (χ1) is 27.5. The van der Waals surface area contributed by atoms with Crippen molar-refractivity contribution in [3.8, 4) is 5.69 Å². The zero-order chi connectivity index (χ0) is 41.4. The number of hydrogen-bond donors (Lipinski definition) is 4. The lowest BCUT2D eigenvalue weighted by Gasteiger charge is -2.43. The summed E-state index contributed by atoms with van der Waals surface area (Å²) in [5.41, 5.74) is -0.716. The van der Waals surface area contributed by atoms with Gasteiger partial charge in [-0.25, -0.2) is 14.1 Å². The second-order valence-corrected chi connectivity index (χ2v) is 15.2. The molecule has 4 N–H and O–H groups in total. The van der Waals surface area contributed by atoms with Crippen molar-refractivity contribution in [1.82, 2.24) is 30.3 Å². The van der Waals surface area contributed by atoms with Gasteiger partial charge in [0.2, 0.25) is 11.8 Å². The Labute approximate surface area is 331 Å². The number of rotatable bonds is 9. The fraction of sp³-hybridized carbons (Fsp3) is 0.400. The first-order valence-corrected chi connectivity index (χ1v) is 19.0. The molecule has 3 aliphatic heterocycles. The summed E-state index contributed by atoms with van der Waals surface area (Å²) in [6, 6.07) is 14.5. The lowest BCUT2D eigenvalue weighted by molar-refractivity contribution is -0.141. The lowest BCUT2D eigenvalue weighted by Crippen LogP contribution is -2.53. The summed E-state index contributed by atoms with van der Waals surface area (Å²) in [7, 11) is 0. The predicted molar refractivity (Wildman–Crippen MR) is 205 cm³/mol. The van der Waals surface area contributed by atoms with Crippen molar-refractivity contribution < 1.29 is 41.8 Å². The van der Waals surface area contributed by atoms with E-state index in [9.17, 15) is 37.5 Å². The maximum atomic E-state index is 15.3. The van der Waals surface area contributed by atoms with Gasteiger partial charge in [-0.3, -0.25) is 29.4 Å². The van der Waals surface area contributed by atoms with Gasteiger partial charge in [0.25, 0.3) is 11.8 Å². The third-order valence-electron chi connectivity index (χ3n) is 10.7. The molecule has 0 aliphatic carbocycles. The molecule has 2 aromatic carbocycles. The number of anilines is 3. The van der Waals surface area contributed by atoms with Crippen LogP contribution < -0.4 is 25.8 Å². The van der Waals surface area contributed by atoms with Crippen LogP contribution in [0.4, 0.5) is 34.6 Å². The smallest absolute Gasteiger partial charge is 0.384 e. The van der Waals surface area contributed by atoms with Crippen LogP contribution in [0.2, 0.25) is 0 Å². The van der Waals surface area contributed by atoms with Crippen LogP contribution in [0.1, 0.15) is 71.8 Å². The van der Waals surface area contributed by atoms with Gasteiger partial charge in [0.1, 0.15) is 34.5 Å². The van der Waals surface area contributed by atoms with Crippen molar-refractivity contribution in [2.75, 3.05) is 54.4 Å². The van der Waals surface area contributed by atoms with Crippen molar-refractivity contribution in [2.24, 2.45) is 0 Å². The fourth-order valence-electron chi connectivity index (χ4n) is 7.57. The van der Waals surface area contributed by atoms with E-state index in [2.05, 4.69) is 35.8 Å². The number of alkyl halides is 3. The molecule has 3 fully saturated rings. The Morgan fingerprint density at radius 1 is 0.862 bits per heavy atom. The molecule has 7 rings (SSSR count). The number of piperazine rings is 1. The van der Waals surface area contributed by atoms with Gasteiger partial charge < -0.3 is 25.5 Å². The van der Waals surface area contributed by atoms with Gasteiger partial charge in [0.15, 0.2) is 0 Å². The Hall–Kier alpha value is -5.88. The zero-order valence-corrected chi connectivity index (χ0v) is 31.9. The molecule has 4 amide bonds. The van der Waals surface area contributed by atoms with Crippen LogP contribution in [0.15, 0.2) is 66.9 Å². The molecule has 58 heavy (non-hydrogen) atoms. The molecule has 0 radical (unpaired) electrons. The number of imide groups is 1. The highest BCUT2D eigenvalue weighted by atomic mass is 19.4. The molecule has 4 aromatic rings. The minimum absolute atomic E-state index is 0.0993. The molecule has 5 heterocycles. The maximum absolute atomic E-state index is 15.3. The predicted octanol–water partition coefficient (Wildman–Crippen LogP) is 4.23. The highest BCUT2D eigenvalue weighted by Crippen LogP contribution is 2.31. The summed E-state index contributed by atoms with van der Waals surface area (Å²) in [4.78, 5) is 59.2. The van der Waals surface area contributed by atoms with E-state index in [1.165, 1.54) is 36.9 Å². The van der Waals surface area contributed by atoms with Crippen molar-refractivity contribution in [1.29, 1.82) is 0 Å². The fourth-order valence-corrected chi connectivity index (χ4v) is 7.57. The van der Waals surface area contributed by atoms with Crippen molar-refractivity contribution in [3.05, 3.63) is 95.3 Å². The molecule has 0 saturated carbocycles. The Morgan fingerprint density at radius 2 is 1.55 bits per heavy atom. The molecule has 306 valence electrons. The highest BCUT2D eigenvalue weighted by molar-refractivity contribution is 6.04. The van der Waals surface area contributed by atoms with Crippen LogP contribution >= 0.6 is 0 Å². The van der Waals surface area contributed by atoms with Crippen LogP contribution in [0.3, 0.4) is 0 Å². The van der Waals surface area contributed by atoms with Gasteiger partial charge in [-0.1, -0.05) is 6.07 Å². The van der Waals surface area contributed by atoms with Crippen molar-refractivity contribution in [2.45, 2.75) is 63.4 Å². The minimum atomic E-state index is -4.72. The lowest BCUT2D eigenvalue weighted by atomic mass is 10.0. The highest BCUT2D eigenvalue weighted by Gasteiger charge is 2.34. The van der Waals surface area contributed by atoms with E-state index in [0.717, 1.165) is 56.8 Å². The van der Waals surface area contributed by atoms with E-state index in [-0.39, 0.29) is 35.7 Å². The van der Waals surface area contributed by atoms with Gasteiger partial charge >= 0.3 is 6.18 Å². The van der Waals surface area contributed by atoms with Crippen LogP contribution in [0.25, 0.3) is 5.69 Å². The summed E-state index contributed by atoms with van der Waals surface area (Å²) in [5, 5.41) is 22.6. The molecule has 3 saturated heterocycles. The number of pyridine rings is 1. The Bertz CT molecular complexity index is 2190. The normalized spacial score (nSPS) is 18.6. The quantitative estimate of drug-likeness (QED) is 0.142. The molecule has 1 atom stereocenters. The van der Waals surface area contributed by atoms with Gasteiger partial charge in [-0.15, -0.1) is 0 Å². The molecule has 3 aliphatic rings. The second kappa shape index (κ2) is 16.2. The third kappa shape index (κ3) is 8.97. The first kappa shape index (κ1) is 40.3. The molecular formula is C40H43F4N9O5. The number of aliphatic hydroxyl groups is 1. The Balaban J connectivity index is 0.915. The van der Waals surface area contributed by atoms with E-state index in [1.54, 1.807) is 12.1 Å². The van der Waals surface area contributed by atoms with Crippen LogP contribution in [-0.4, -0.2) is 99.8 Å². The maximum Gasteiger partial charge on any atom is 0.433 e. The Morgan fingerprint density at radius 3 is 2.19 bits per heavy atom. The van der Waals surface area contributed by atoms with Gasteiger partial charge in [0.05, 0.1) is 23.3 Å². The summed E-state index contributed by atoms with van der Waals surface area (Å²) in [6.07, 6.45) is -1.21. The molecule has 18 heteroatoms. The summed E-state index contributed by atoms with van der Waals surface area (Å²) in [5.74, 6) is -2.93. The molecule has 1 unspecified atom stereocenters. The number of amides is 4. The third-order valence-corrected chi connectivity index (χ3v) is 10.7. The molecule has 2 aromatic heterocycles. The largest absolute Gasteiger partial charge is 0.433 e. The number of nitrogens with zero attached hydrogens (tertiary/aromatic N) is 6. The van der Waals surface area contributed by atoms with E-state index in [0.29, 0.717) is 30.5 Å². The van der Waals surface area contributed by atoms with Crippen molar-refractivity contribution in [3.63, 3.8) is 0 Å². The number of aromatic nitrogens is 3. The summed E-state index contributed by atoms with van der Waals surface area (Å²) < 4.78 is 56.3. The zero-order valence-electron chi connectivity index (χ0n) is 31.9. The first-order valence-electron chi connectivity index (χ1n) is 19.0. The molecule has 14 nitrogen and oxygen atoms in total. The average molecular weight is 806 g/mol. The van der Waals surface area contributed by atoms with Gasteiger partial charge in [-0.2, -0.15) is 18.3 Å². The van der Waals surface area contributed by atoms with Gasteiger partial charge in [-0.05, 0) is 87.7 Å². The number of halogens is 4. The van der Waals surface area contributed by atoms with Crippen LogP contribution in [0, 0.1) is 5.82 Å². The number of carbonyl (C=O) groups is 4. The molecular weight excluding hydrogens is 762 g/mol. The number of nitrogens with one attached hydrogen (secondary N) is 3. The van der Waals surface area contributed by atoms with E-state index >= 15 is 4.39 Å². The Kier molecular flexibility index (Phi) is 11.2. The standard InChI is InChI=1S/C40H43F4N9O5/c1-39(2,58)35-31(47-37(56)29-4-3-5-33(45-29)40(42,43)44)23-53(49-35)27-9-7-25(8-10-27)50-18-20-51(21-19-50)26-14-16-52(17-15-26)32-12-6-24(22-28(32)41)36(55)46-30-11-13-34(54)48-38(30)57/h3-10,12,22-23,26,30,58H,11,13-21H2,1-2H3,(H,46,55)(H,47,56)(H,48,54,57). The minimum Gasteiger partial charge on any atom is -0.384 e. The molecule has 0 bridgehead atoms. The van der Waals surface area contributed by atoms with E-state index < -0.39 is 52.7 Å². The molecule has 0 spiro atoms. The van der Waals surface area contributed by atoms with Crippen LogP contribution in [-0.2, 0) is 21.4 Å². The topological polar surface area (TPSA) is 165 Å². The summed E-state index contributed by atoms with van der Waals surface area (Å²) in [6.45, 7) is 7.55. The van der Waals surface area contributed by atoms with E-state index in [1.807, 2.05) is 29.2 Å².